The minimum Gasteiger partial charge on any atom is -0.458 e. The predicted octanol–water partition coefficient (Wildman–Crippen LogP) is 3.62. The van der Waals surface area contributed by atoms with Crippen molar-refractivity contribution in [2.45, 2.75) is 90.3 Å². The number of epoxide rings is 1. The van der Waals surface area contributed by atoms with Crippen LogP contribution in [-0.4, -0.2) is 57.0 Å². The second kappa shape index (κ2) is 10.6. The van der Waals surface area contributed by atoms with E-state index in [1.54, 1.807) is 18.3 Å². The van der Waals surface area contributed by atoms with Gasteiger partial charge in [-0.2, -0.15) is 0 Å². The Bertz CT molecular complexity index is 924. The van der Waals surface area contributed by atoms with E-state index in [1.165, 1.54) is 0 Å². The van der Waals surface area contributed by atoms with Gasteiger partial charge in [0.1, 0.15) is 17.5 Å². The number of hydrogen-bond acceptors (Lipinski definition) is 8. The fraction of sp³-hybridized carbons (Fsp3) is 0.640. The largest absolute Gasteiger partial charge is 0.458 e. The third-order valence-corrected chi connectivity index (χ3v) is 7.48. The van der Waals surface area contributed by atoms with Crippen LogP contribution in [0.4, 0.5) is 0 Å². The van der Waals surface area contributed by atoms with Crippen LogP contribution in [0.5, 0.6) is 0 Å². The number of thiazole rings is 1. The smallest absolute Gasteiger partial charge is 0.309 e. The highest BCUT2D eigenvalue weighted by Crippen LogP contribution is 2.42. The van der Waals surface area contributed by atoms with Gasteiger partial charge >= 0.3 is 5.97 Å². The summed E-state index contributed by atoms with van der Waals surface area (Å²) in [7, 11) is 0. The number of carbonyl (C=O) groups excluding carboxylic acids is 2. The SMILES string of the molecule is C/C(=C\c1csc(C)n1)[C@@H]1C[C@@H]2O[C@]2(C)/C=C/C[C@H](C)[C@H](O)CC(=O)C(C)[C@@H](O)CC(=O)O1. The Morgan fingerprint density at radius 2 is 1.97 bits per heavy atom. The first-order valence-corrected chi connectivity index (χ1v) is 12.4. The molecule has 7 nitrogen and oxygen atoms in total. The Labute approximate surface area is 199 Å². The van der Waals surface area contributed by atoms with Gasteiger partial charge in [0, 0.05) is 24.1 Å². The van der Waals surface area contributed by atoms with E-state index < -0.39 is 35.8 Å². The maximum atomic E-state index is 12.7. The second-order valence-corrected chi connectivity index (χ2v) is 10.7. The first-order chi connectivity index (χ1) is 15.5. The summed E-state index contributed by atoms with van der Waals surface area (Å²) >= 11 is 1.55. The number of fused-ring (bicyclic) bond motifs is 1. The summed E-state index contributed by atoms with van der Waals surface area (Å²) < 4.78 is 11.7. The van der Waals surface area contributed by atoms with Crippen molar-refractivity contribution in [1.82, 2.24) is 4.98 Å². The quantitative estimate of drug-likeness (QED) is 0.380. The van der Waals surface area contributed by atoms with E-state index in [4.69, 9.17) is 9.47 Å². The Morgan fingerprint density at radius 3 is 2.64 bits per heavy atom. The third-order valence-electron chi connectivity index (χ3n) is 6.68. The van der Waals surface area contributed by atoms with Crippen LogP contribution in [0.1, 0.15) is 64.1 Å². The average molecular weight is 478 g/mol. The van der Waals surface area contributed by atoms with Crippen molar-refractivity contribution in [2.75, 3.05) is 0 Å². The molecule has 1 fully saturated rings. The number of nitrogens with zero attached hydrogens (tertiary/aromatic N) is 1. The van der Waals surface area contributed by atoms with E-state index in [9.17, 15) is 19.8 Å². The molecule has 8 heteroatoms. The Morgan fingerprint density at radius 1 is 1.24 bits per heavy atom. The molecule has 0 radical (unpaired) electrons. The minimum atomic E-state index is -1.17. The molecule has 1 unspecified atom stereocenters. The summed E-state index contributed by atoms with van der Waals surface area (Å²) in [5, 5.41) is 23.8. The summed E-state index contributed by atoms with van der Waals surface area (Å²) in [5.41, 5.74) is 1.18. The minimum absolute atomic E-state index is 0.0593. The van der Waals surface area contributed by atoms with Crippen molar-refractivity contribution in [3.05, 3.63) is 33.8 Å². The Kier molecular flexibility index (Phi) is 8.26. The molecular weight excluding hydrogens is 442 g/mol. The van der Waals surface area contributed by atoms with Crippen molar-refractivity contribution in [2.24, 2.45) is 11.8 Å². The van der Waals surface area contributed by atoms with Gasteiger partial charge in [0.15, 0.2) is 0 Å². The Balaban J connectivity index is 1.83. The molecule has 3 rings (SSSR count). The molecular formula is C25H35NO6S. The van der Waals surface area contributed by atoms with Gasteiger partial charge in [-0.15, -0.1) is 11.3 Å². The maximum Gasteiger partial charge on any atom is 0.309 e. The van der Waals surface area contributed by atoms with Crippen LogP contribution >= 0.6 is 11.3 Å². The van der Waals surface area contributed by atoms with Gasteiger partial charge in [-0.05, 0) is 44.8 Å². The molecule has 0 spiro atoms. The molecule has 3 heterocycles. The molecule has 2 aliphatic heterocycles. The number of carbonyl (C=O) groups is 2. The summed E-state index contributed by atoms with van der Waals surface area (Å²) in [5.74, 6) is -1.73. The van der Waals surface area contributed by atoms with Crippen LogP contribution in [0.2, 0.25) is 0 Å². The zero-order chi connectivity index (χ0) is 24.3. The fourth-order valence-corrected chi connectivity index (χ4v) is 4.60. The number of rotatable bonds is 2. The first-order valence-electron chi connectivity index (χ1n) is 11.5. The lowest BCUT2D eigenvalue weighted by Crippen LogP contribution is -2.33. The van der Waals surface area contributed by atoms with Crippen LogP contribution in [0.3, 0.4) is 0 Å². The number of aliphatic hydroxyl groups excluding tert-OH is 2. The fourth-order valence-electron chi connectivity index (χ4n) is 4.03. The number of ketones is 1. The van der Waals surface area contributed by atoms with Crippen molar-refractivity contribution in [3.63, 3.8) is 0 Å². The van der Waals surface area contributed by atoms with E-state index >= 15 is 0 Å². The Hall–Kier alpha value is -1.87. The van der Waals surface area contributed by atoms with Gasteiger partial charge in [0.25, 0.3) is 0 Å². The van der Waals surface area contributed by atoms with E-state index in [2.05, 4.69) is 4.98 Å². The van der Waals surface area contributed by atoms with Gasteiger partial charge in [-0.3, -0.25) is 9.59 Å². The third kappa shape index (κ3) is 6.82. The van der Waals surface area contributed by atoms with Crippen LogP contribution in [0.15, 0.2) is 23.1 Å². The van der Waals surface area contributed by atoms with Crippen molar-refractivity contribution < 1.29 is 29.3 Å². The number of aromatic nitrogens is 1. The zero-order valence-electron chi connectivity index (χ0n) is 20.0. The lowest BCUT2D eigenvalue weighted by Gasteiger charge is -2.23. The lowest BCUT2D eigenvalue weighted by atomic mass is 9.89. The number of cyclic esters (lactones) is 1. The van der Waals surface area contributed by atoms with Crippen LogP contribution < -0.4 is 0 Å². The summed E-state index contributed by atoms with van der Waals surface area (Å²) in [6, 6.07) is 0. The van der Waals surface area contributed by atoms with Gasteiger partial charge in [0.2, 0.25) is 0 Å². The topological polar surface area (TPSA) is 109 Å². The highest BCUT2D eigenvalue weighted by atomic mass is 32.1. The van der Waals surface area contributed by atoms with E-state index in [0.29, 0.717) is 12.8 Å². The molecule has 7 atom stereocenters. The molecule has 0 saturated carbocycles. The molecule has 33 heavy (non-hydrogen) atoms. The highest BCUT2D eigenvalue weighted by Gasteiger charge is 2.51. The molecule has 1 aromatic heterocycles. The number of aryl methyl sites for hydroxylation is 1. The maximum absolute atomic E-state index is 12.7. The number of aliphatic hydroxyl groups is 2. The number of hydrogen-bond donors (Lipinski definition) is 2. The second-order valence-electron chi connectivity index (χ2n) is 9.60. The average Bonchev–Trinajstić information content (AvgIpc) is 3.18. The molecule has 1 aromatic rings. The number of Topliss-reactive ketones (excluding diaryl/α,β-unsaturated/α-hetero) is 1. The van der Waals surface area contributed by atoms with E-state index in [1.807, 2.05) is 51.3 Å². The summed E-state index contributed by atoms with van der Waals surface area (Å²) in [4.78, 5) is 29.7. The number of ether oxygens (including phenoxy) is 2. The normalized spacial score (nSPS) is 37.8. The summed E-state index contributed by atoms with van der Waals surface area (Å²) in [6.07, 6.45) is 3.96. The summed E-state index contributed by atoms with van der Waals surface area (Å²) in [6.45, 7) is 9.28. The van der Waals surface area contributed by atoms with Crippen LogP contribution in [-0.2, 0) is 19.1 Å². The highest BCUT2D eigenvalue weighted by molar-refractivity contribution is 7.09. The van der Waals surface area contributed by atoms with Crippen LogP contribution in [0.25, 0.3) is 6.08 Å². The van der Waals surface area contributed by atoms with Gasteiger partial charge in [-0.1, -0.05) is 26.0 Å². The van der Waals surface area contributed by atoms with Crippen LogP contribution in [0, 0.1) is 18.8 Å². The molecule has 0 aromatic carbocycles. The standard InChI is InChI=1S/C25H35NO6S/c1-14-7-6-8-25(5)23(32-25)12-22(15(2)9-18-13-33-17(4)26-18)31-24(30)11-21(29)16(3)20(28)10-19(14)27/h6,8-9,13-14,16,19,21-23,27,29H,7,10-12H2,1-5H3/b8-6+,15-9+/t14-,16?,19+,21-,22-,23-,25+/m0/s1. The first kappa shape index (κ1) is 25.7. The van der Waals surface area contributed by atoms with Crippen molar-refractivity contribution >= 4 is 29.2 Å². The van der Waals surface area contributed by atoms with Gasteiger partial charge in [-0.25, -0.2) is 4.98 Å². The van der Waals surface area contributed by atoms with Crippen molar-refractivity contribution in [3.8, 4) is 0 Å². The van der Waals surface area contributed by atoms with E-state index in [0.717, 1.165) is 16.3 Å². The number of esters is 1. The molecule has 182 valence electrons. The molecule has 2 N–H and O–H groups in total. The lowest BCUT2D eigenvalue weighted by molar-refractivity contribution is -0.151. The molecule has 0 bridgehead atoms. The van der Waals surface area contributed by atoms with E-state index in [-0.39, 0.29) is 30.6 Å². The zero-order valence-corrected chi connectivity index (χ0v) is 20.8. The van der Waals surface area contributed by atoms with Crippen molar-refractivity contribution in [1.29, 1.82) is 0 Å². The van der Waals surface area contributed by atoms with Gasteiger partial charge in [0.05, 0.1) is 35.4 Å². The predicted molar refractivity (Wildman–Crippen MR) is 127 cm³/mol. The monoisotopic (exact) mass is 477 g/mol. The molecule has 1 saturated heterocycles. The number of allylic oxidation sites excluding steroid dienone is 1. The molecule has 2 aliphatic rings. The molecule has 0 aliphatic carbocycles. The van der Waals surface area contributed by atoms with Gasteiger partial charge < -0.3 is 19.7 Å². The molecule has 0 amide bonds.